The molecule has 0 aromatic carbocycles. The van der Waals surface area contributed by atoms with Gasteiger partial charge in [0.1, 0.15) is 0 Å². The van der Waals surface area contributed by atoms with Crippen LogP contribution in [0.5, 0.6) is 0 Å². The number of alkyl halides is 1. The maximum absolute atomic E-state index is 13.1. The van der Waals surface area contributed by atoms with Gasteiger partial charge in [-0.15, -0.1) is 11.6 Å². The number of halogens is 1. The van der Waals surface area contributed by atoms with Gasteiger partial charge in [0.25, 0.3) is 0 Å². The summed E-state index contributed by atoms with van der Waals surface area (Å²) in [5, 5.41) is 28.7. The molecule has 1 heterocycles. The predicted molar refractivity (Wildman–Crippen MR) is 98.4 cm³/mol. The lowest BCUT2D eigenvalue weighted by Crippen LogP contribution is -2.51. The number of ether oxygens (including phenoxy) is 1. The Bertz CT molecular complexity index is 626. The number of carboxylic acids is 3. The molecule has 158 valence electrons. The molecule has 5 atom stereocenters. The average molecular weight is 421 g/mol. The number of carboxylic acid groups (broad SMARTS) is 3. The Labute approximate surface area is 167 Å². The monoisotopic (exact) mass is 420 g/mol. The molecule has 1 amide bonds. The highest BCUT2D eigenvalue weighted by Crippen LogP contribution is 2.34. The van der Waals surface area contributed by atoms with E-state index in [-0.39, 0.29) is 25.5 Å². The standard InChI is InChI=1S/C17H25ClN2O8/c1-3-10(28-7-4-18)12(14(21)20-6-5-19-8-20)13(17(26)27)11(16(24)25)9(2)15(22)23/h8-13H,3-7H2,1-2H3,(H,22,23)(H,24,25)(H,26,27). The van der Waals surface area contributed by atoms with Crippen LogP contribution in [0.3, 0.4) is 0 Å². The summed E-state index contributed by atoms with van der Waals surface area (Å²) in [5.41, 5.74) is 0. The van der Waals surface area contributed by atoms with Crippen LogP contribution in [0, 0.1) is 23.7 Å². The van der Waals surface area contributed by atoms with E-state index >= 15 is 0 Å². The second-order valence-electron chi connectivity index (χ2n) is 6.44. The molecule has 0 aliphatic carbocycles. The molecule has 10 nitrogen and oxygen atoms in total. The van der Waals surface area contributed by atoms with Crippen molar-refractivity contribution in [2.75, 3.05) is 25.6 Å². The van der Waals surface area contributed by atoms with Gasteiger partial charge in [0.2, 0.25) is 5.91 Å². The van der Waals surface area contributed by atoms with Crippen molar-refractivity contribution in [3.63, 3.8) is 0 Å². The van der Waals surface area contributed by atoms with Gasteiger partial charge in [-0.25, -0.2) is 0 Å². The molecule has 1 aliphatic heterocycles. The summed E-state index contributed by atoms with van der Waals surface area (Å²) < 4.78 is 5.56. The maximum atomic E-state index is 13.1. The second kappa shape index (κ2) is 11.0. The zero-order valence-corrected chi connectivity index (χ0v) is 16.4. The molecule has 11 heteroatoms. The van der Waals surface area contributed by atoms with Gasteiger partial charge in [-0.2, -0.15) is 0 Å². The van der Waals surface area contributed by atoms with Gasteiger partial charge in [0.05, 0.1) is 49.3 Å². The first kappa shape index (κ1) is 23.8. The maximum Gasteiger partial charge on any atom is 0.308 e. The van der Waals surface area contributed by atoms with Crippen molar-refractivity contribution in [1.82, 2.24) is 4.90 Å². The normalized spacial score (nSPS) is 18.9. The summed E-state index contributed by atoms with van der Waals surface area (Å²) >= 11 is 5.63. The van der Waals surface area contributed by atoms with Crippen molar-refractivity contribution in [2.24, 2.45) is 28.7 Å². The Morgan fingerprint density at radius 2 is 1.71 bits per heavy atom. The van der Waals surface area contributed by atoms with Crippen LogP contribution in [0.15, 0.2) is 4.99 Å². The van der Waals surface area contributed by atoms with Crippen molar-refractivity contribution >= 4 is 41.8 Å². The number of rotatable bonds is 12. The molecule has 3 N–H and O–H groups in total. The van der Waals surface area contributed by atoms with Gasteiger partial charge in [0, 0.05) is 12.4 Å². The molecule has 28 heavy (non-hydrogen) atoms. The second-order valence-corrected chi connectivity index (χ2v) is 6.82. The first-order valence-corrected chi connectivity index (χ1v) is 9.37. The average Bonchev–Trinajstić information content (AvgIpc) is 3.17. The number of amides is 1. The van der Waals surface area contributed by atoms with E-state index < -0.39 is 53.6 Å². The van der Waals surface area contributed by atoms with Crippen LogP contribution in [-0.2, 0) is 23.9 Å². The van der Waals surface area contributed by atoms with Crippen LogP contribution in [0.25, 0.3) is 0 Å². The van der Waals surface area contributed by atoms with Crippen LogP contribution in [0.4, 0.5) is 0 Å². The summed E-state index contributed by atoms with van der Waals surface area (Å²) in [6.07, 6.45) is 0.513. The van der Waals surface area contributed by atoms with Crippen LogP contribution >= 0.6 is 11.6 Å². The summed E-state index contributed by atoms with van der Waals surface area (Å²) in [7, 11) is 0. The molecule has 0 saturated carbocycles. The van der Waals surface area contributed by atoms with Crippen molar-refractivity contribution in [2.45, 2.75) is 26.4 Å². The molecule has 0 spiro atoms. The first-order chi connectivity index (χ1) is 13.2. The van der Waals surface area contributed by atoms with Gasteiger partial charge in [-0.05, 0) is 6.42 Å². The van der Waals surface area contributed by atoms with Gasteiger partial charge < -0.3 is 25.0 Å². The van der Waals surface area contributed by atoms with Crippen LogP contribution < -0.4 is 0 Å². The third-order valence-electron chi connectivity index (χ3n) is 4.74. The van der Waals surface area contributed by atoms with E-state index in [1.807, 2.05) is 0 Å². The SMILES string of the molecule is CCC(OCCCl)C(C(=O)N1C=NCC1)C(C(=O)O)C(C(=O)O)C(C)C(=O)O. The Hall–Kier alpha value is -2.20. The smallest absolute Gasteiger partial charge is 0.308 e. The van der Waals surface area contributed by atoms with E-state index in [9.17, 15) is 34.5 Å². The van der Waals surface area contributed by atoms with Crippen molar-refractivity contribution in [3.05, 3.63) is 0 Å². The quantitative estimate of drug-likeness (QED) is 0.388. The lowest BCUT2D eigenvalue weighted by molar-refractivity contribution is -0.170. The molecule has 0 fully saturated rings. The highest BCUT2D eigenvalue weighted by molar-refractivity contribution is 6.17. The first-order valence-electron chi connectivity index (χ1n) is 8.83. The molecule has 5 unspecified atom stereocenters. The topological polar surface area (TPSA) is 154 Å². The zero-order chi connectivity index (χ0) is 21.4. The third kappa shape index (κ3) is 5.65. The van der Waals surface area contributed by atoms with Gasteiger partial charge in [-0.1, -0.05) is 13.8 Å². The van der Waals surface area contributed by atoms with Crippen molar-refractivity contribution in [3.8, 4) is 0 Å². The fourth-order valence-corrected chi connectivity index (χ4v) is 3.41. The van der Waals surface area contributed by atoms with E-state index in [0.717, 1.165) is 6.92 Å². The number of nitrogens with zero attached hydrogens (tertiary/aromatic N) is 2. The Morgan fingerprint density at radius 1 is 1.11 bits per heavy atom. The number of hydrogen-bond acceptors (Lipinski definition) is 6. The van der Waals surface area contributed by atoms with Gasteiger partial charge in [-0.3, -0.25) is 24.2 Å². The van der Waals surface area contributed by atoms with Crippen LogP contribution in [0.2, 0.25) is 0 Å². The number of aliphatic imine (C=N–C) groups is 1. The van der Waals surface area contributed by atoms with Crippen molar-refractivity contribution < 1.29 is 39.2 Å². The molecule has 0 bridgehead atoms. The molecule has 1 rings (SSSR count). The highest BCUT2D eigenvalue weighted by atomic mass is 35.5. The fourth-order valence-electron chi connectivity index (χ4n) is 3.32. The van der Waals surface area contributed by atoms with Crippen molar-refractivity contribution in [1.29, 1.82) is 0 Å². The fraction of sp³-hybridized carbons (Fsp3) is 0.706. The molecule has 1 aliphatic rings. The van der Waals surface area contributed by atoms with Gasteiger partial charge >= 0.3 is 17.9 Å². The van der Waals surface area contributed by atoms with Crippen LogP contribution in [0.1, 0.15) is 20.3 Å². The van der Waals surface area contributed by atoms with E-state index in [1.54, 1.807) is 6.92 Å². The molecular formula is C17H25ClN2O8. The lowest BCUT2D eigenvalue weighted by atomic mass is 9.72. The van der Waals surface area contributed by atoms with E-state index in [4.69, 9.17) is 16.3 Å². The molecule has 0 aromatic rings. The summed E-state index contributed by atoms with van der Waals surface area (Å²) in [6.45, 7) is 3.35. The minimum Gasteiger partial charge on any atom is -0.481 e. The Balaban J connectivity index is 3.46. The largest absolute Gasteiger partial charge is 0.481 e. The predicted octanol–water partition coefficient (Wildman–Crippen LogP) is 0.629. The minimum atomic E-state index is -1.84. The number of carbonyl (C=O) groups excluding carboxylic acids is 1. The minimum absolute atomic E-state index is 0.0243. The summed E-state index contributed by atoms with van der Waals surface area (Å²) in [5.74, 6) is -11.8. The molecular weight excluding hydrogens is 396 g/mol. The van der Waals surface area contributed by atoms with E-state index in [0.29, 0.717) is 6.54 Å². The van der Waals surface area contributed by atoms with Crippen LogP contribution in [-0.4, -0.2) is 82.1 Å². The molecule has 0 saturated heterocycles. The van der Waals surface area contributed by atoms with Gasteiger partial charge in [0.15, 0.2) is 0 Å². The lowest BCUT2D eigenvalue weighted by Gasteiger charge is -2.35. The molecule has 0 radical (unpaired) electrons. The summed E-state index contributed by atoms with van der Waals surface area (Å²) in [4.78, 5) is 53.5. The highest BCUT2D eigenvalue weighted by Gasteiger charge is 2.51. The Morgan fingerprint density at radius 3 is 2.11 bits per heavy atom. The van der Waals surface area contributed by atoms with E-state index in [2.05, 4.69) is 4.99 Å². The zero-order valence-electron chi connectivity index (χ0n) is 15.7. The molecule has 0 aromatic heterocycles. The number of carbonyl (C=O) groups is 4. The Kier molecular flexibility index (Phi) is 9.33. The third-order valence-corrected chi connectivity index (χ3v) is 4.90. The summed E-state index contributed by atoms with van der Waals surface area (Å²) in [6, 6.07) is 0. The van der Waals surface area contributed by atoms with E-state index in [1.165, 1.54) is 11.2 Å². The number of aliphatic carboxylic acids is 3. The number of hydrogen-bond donors (Lipinski definition) is 3.